The van der Waals surface area contributed by atoms with E-state index in [-0.39, 0.29) is 11.3 Å². The van der Waals surface area contributed by atoms with Gasteiger partial charge in [-0.1, -0.05) is 32.9 Å². The molecule has 0 atom stereocenters. The van der Waals surface area contributed by atoms with Crippen LogP contribution in [0.3, 0.4) is 0 Å². The van der Waals surface area contributed by atoms with Crippen LogP contribution in [0.1, 0.15) is 55.1 Å². The van der Waals surface area contributed by atoms with Gasteiger partial charge in [-0.05, 0) is 54.2 Å². The number of carbonyl (C=O) groups excluding carboxylic acids is 1. The zero-order chi connectivity index (χ0) is 18.7. The van der Waals surface area contributed by atoms with Gasteiger partial charge in [-0.2, -0.15) is 0 Å². The number of methoxy groups -OCH3 is 1. The van der Waals surface area contributed by atoms with Gasteiger partial charge >= 0.3 is 0 Å². The van der Waals surface area contributed by atoms with Gasteiger partial charge in [0.25, 0.3) is 5.91 Å². The van der Waals surface area contributed by atoms with Crippen molar-refractivity contribution in [2.75, 3.05) is 7.11 Å². The topological polar surface area (TPSA) is 47.6 Å². The van der Waals surface area contributed by atoms with Crippen molar-refractivity contribution in [3.05, 3.63) is 59.2 Å². The lowest BCUT2D eigenvalue weighted by Gasteiger charge is -2.19. The van der Waals surface area contributed by atoms with Gasteiger partial charge in [-0.15, -0.1) is 0 Å². The lowest BCUT2D eigenvalue weighted by Crippen LogP contribution is -2.25. The maximum absolute atomic E-state index is 12.3. The molecule has 26 heavy (non-hydrogen) atoms. The van der Waals surface area contributed by atoms with Crippen LogP contribution < -0.4 is 14.8 Å². The van der Waals surface area contributed by atoms with Crippen LogP contribution in [0.2, 0.25) is 0 Å². The third kappa shape index (κ3) is 4.57. The minimum absolute atomic E-state index is 0.0362. The van der Waals surface area contributed by atoms with Crippen molar-refractivity contribution in [2.45, 2.75) is 51.7 Å². The molecule has 2 aromatic rings. The minimum Gasteiger partial charge on any atom is -0.496 e. The highest BCUT2D eigenvalue weighted by molar-refractivity contribution is 5.95. The lowest BCUT2D eigenvalue weighted by molar-refractivity contribution is 0.0951. The molecule has 1 saturated carbocycles. The molecule has 0 radical (unpaired) electrons. The zero-order valence-electron chi connectivity index (χ0n) is 16.0. The standard InChI is InChI=1S/C22H27NO3/c1-22(2,3)17-6-10-19(11-7-17)26-14-16-13-15(5-12-20(16)25-4)21(24)23-18-8-9-18/h5-7,10-13,18H,8-9,14H2,1-4H3,(H,23,24). The second-order valence-electron chi connectivity index (χ2n) is 7.84. The maximum Gasteiger partial charge on any atom is 0.251 e. The molecule has 0 aliphatic heterocycles. The van der Waals surface area contributed by atoms with Gasteiger partial charge in [-0.3, -0.25) is 4.79 Å². The molecule has 0 aromatic heterocycles. The van der Waals surface area contributed by atoms with E-state index in [1.807, 2.05) is 24.3 Å². The molecule has 0 spiro atoms. The Balaban J connectivity index is 1.70. The number of nitrogens with one attached hydrogen (secondary N) is 1. The van der Waals surface area contributed by atoms with Crippen LogP contribution in [0.5, 0.6) is 11.5 Å². The number of ether oxygens (including phenoxy) is 2. The monoisotopic (exact) mass is 353 g/mol. The first-order chi connectivity index (χ1) is 12.4. The van der Waals surface area contributed by atoms with Crippen molar-refractivity contribution < 1.29 is 14.3 Å². The summed E-state index contributed by atoms with van der Waals surface area (Å²) in [6, 6.07) is 13.9. The van der Waals surface area contributed by atoms with Crippen molar-refractivity contribution in [1.82, 2.24) is 5.32 Å². The molecular formula is C22H27NO3. The molecule has 4 heteroatoms. The van der Waals surface area contributed by atoms with Crippen molar-refractivity contribution >= 4 is 5.91 Å². The van der Waals surface area contributed by atoms with Crippen molar-refractivity contribution in [2.24, 2.45) is 0 Å². The van der Waals surface area contributed by atoms with Crippen molar-refractivity contribution in [1.29, 1.82) is 0 Å². The molecule has 0 bridgehead atoms. The van der Waals surface area contributed by atoms with Crippen molar-refractivity contribution in [3.8, 4) is 11.5 Å². The number of benzene rings is 2. The molecule has 0 saturated heterocycles. The highest BCUT2D eigenvalue weighted by Gasteiger charge is 2.24. The Labute approximate surface area is 155 Å². The zero-order valence-corrected chi connectivity index (χ0v) is 16.0. The normalized spacial score (nSPS) is 14.0. The number of hydrogen-bond acceptors (Lipinski definition) is 3. The summed E-state index contributed by atoms with van der Waals surface area (Å²) >= 11 is 0. The van der Waals surface area contributed by atoms with E-state index in [1.54, 1.807) is 13.2 Å². The third-order valence-electron chi connectivity index (χ3n) is 4.57. The number of hydrogen-bond donors (Lipinski definition) is 1. The van der Waals surface area contributed by atoms with Crippen LogP contribution >= 0.6 is 0 Å². The Bertz CT molecular complexity index is 771. The largest absolute Gasteiger partial charge is 0.496 e. The van der Waals surface area contributed by atoms with Gasteiger partial charge in [-0.25, -0.2) is 0 Å². The lowest BCUT2D eigenvalue weighted by atomic mass is 9.87. The predicted octanol–water partition coefficient (Wildman–Crippen LogP) is 4.46. The molecule has 4 nitrogen and oxygen atoms in total. The first-order valence-electron chi connectivity index (χ1n) is 9.08. The fraction of sp³-hybridized carbons (Fsp3) is 0.409. The number of carbonyl (C=O) groups is 1. The summed E-state index contributed by atoms with van der Waals surface area (Å²) in [5, 5.41) is 3.01. The van der Waals surface area contributed by atoms with E-state index in [2.05, 4.69) is 38.2 Å². The van der Waals surface area contributed by atoms with Gasteiger partial charge in [0.15, 0.2) is 0 Å². The molecule has 1 fully saturated rings. The quantitative estimate of drug-likeness (QED) is 0.834. The van der Waals surface area contributed by atoms with E-state index in [4.69, 9.17) is 9.47 Å². The Morgan fingerprint density at radius 3 is 2.38 bits per heavy atom. The number of rotatable bonds is 6. The fourth-order valence-corrected chi connectivity index (χ4v) is 2.74. The highest BCUT2D eigenvalue weighted by atomic mass is 16.5. The molecule has 2 aromatic carbocycles. The van der Waals surface area contributed by atoms with E-state index in [1.165, 1.54) is 5.56 Å². The van der Waals surface area contributed by atoms with Gasteiger partial charge < -0.3 is 14.8 Å². The van der Waals surface area contributed by atoms with Gasteiger partial charge in [0, 0.05) is 17.2 Å². The van der Waals surface area contributed by atoms with Gasteiger partial charge in [0.05, 0.1) is 7.11 Å². The maximum atomic E-state index is 12.3. The highest BCUT2D eigenvalue weighted by Crippen LogP contribution is 2.26. The molecule has 138 valence electrons. The molecule has 1 N–H and O–H groups in total. The van der Waals surface area contributed by atoms with Crippen LogP contribution in [-0.4, -0.2) is 19.1 Å². The fourth-order valence-electron chi connectivity index (χ4n) is 2.74. The molecule has 0 unspecified atom stereocenters. The smallest absolute Gasteiger partial charge is 0.251 e. The Kier molecular flexibility index (Phi) is 5.21. The van der Waals surface area contributed by atoms with Crippen LogP contribution in [-0.2, 0) is 12.0 Å². The van der Waals surface area contributed by atoms with Crippen LogP contribution in [0.25, 0.3) is 0 Å². The predicted molar refractivity (Wildman–Crippen MR) is 103 cm³/mol. The summed E-state index contributed by atoms with van der Waals surface area (Å²) in [6.07, 6.45) is 2.14. The van der Waals surface area contributed by atoms with Gasteiger partial charge in [0.2, 0.25) is 0 Å². The van der Waals surface area contributed by atoms with E-state index in [9.17, 15) is 4.79 Å². The summed E-state index contributed by atoms with van der Waals surface area (Å²) in [5.41, 5.74) is 2.88. The average molecular weight is 353 g/mol. The Hall–Kier alpha value is -2.49. The Morgan fingerprint density at radius 2 is 1.81 bits per heavy atom. The van der Waals surface area contributed by atoms with Crippen LogP contribution in [0.15, 0.2) is 42.5 Å². The first kappa shape index (κ1) is 18.3. The summed E-state index contributed by atoms with van der Waals surface area (Å²) in [7, 11) is 1.63. The SMILES string of the molecule is COc1ccc(C(=O)NC2CC2)cc1COc1ccc(C(C)(C)C)cc1. The van der Waals surface area contributed by atoms with E-state index in [0.29, 0.717) is 18.2 Å². The second kappa shape index (κ2) is 7.40. The summed E-state index contributed by atoms with van der Waals surface area (Å²) in [4.78, 5) is 12.3. The molecular weight excluding hydrogens is 326 g/mol. The minimum atomic E-state index is -0.0362. The number of amides is 1. The van der Waals surface area contributed by atoms with Crippen LogP contribution in [0, 0.1) is 0 Å². The molecule has 1 aliphatic rings. The summed E-state index contributed by atoms with van der Waals surface area (Å²) in [6.45, 7) is 6.91. The van der Waals surface area contributed by atoms with E-state index >= 15 is 0 Å². The van der Waals surface area contributed by atoms with Gasteiger partial charge in [0.1, 0.15) is 18.1 Å². The molecule has 1 aliphatic carbocycles. The second-order valence-corrected chi connectivity index (χ2v) is 7.84. The molecule has 3 rings (SSSR count). The Morgan fingerprint density at radius 1 is 1.12 bits per heavy atom. The summed E-state index contributed by atoms with van der Waals surface area (Å²) < 4.78 is 11.3. The molecule has 1 amide bonds. The van der Waals surface area contributed by atoms with E-state index < -0.39 is 0 Å². The third-order valence-corrected chi connectivity index (χ3v) is 4.57. The van der Waals surface area contributed by atoms with E-state index in [0.717, 1.165) is 29.9 Å². The molecule has 0 heterocycles. The average Bonchev–Trinajstić information content (AvgIpc) is 3.43. The van der Waals surface area contributed by atoms with Crippen molar-refractivity contribution in [3.63, 3.8) is 0 Å². The summed E-state index contributed by atoms with van der Waals surface area (Å²) in [5.74, 6) is 1.48. The first-order valence-corrected chi connectivity index (χ1v) is 9.08. The van der Waals surface area contributed by atoms with Crippen LogP contribution in [0.4, 0.5) is 0 Å².